The van der Waals surface area contributed by atoms with Crippen molar-refractivity contribution >= 4 is 5.91 Å². The third-order valence-corrected chi connectivity index (χ3v) is 6.05. The molecule has 0 radical (unpaired) electrons. The number of carbonyl (C=O) groups excluding carboxylic acids is 1. The average molecular weight is 391 g/mol. The standard InChI is InChI=1S/C23H38N2O3/c1-5-19(15-25-16-20-12-10-13-21(20)17-25)11-8-6-7-9-14-22(26)24(2)18-23(27-3)28-4/h5-6,8,11,20-21,23H,1,7,9-10,12-18H2,2-4H3/b8-6-,19-11+. The van der Waals surface area contributed by atoms with Crippen LogP contribution in [-0.4, -0.2) is 69.4 Å². The van der Waals surface area contributed by atoms with Crippen LogP contribution >= 0.6 is 0 Å². The number of allylic oxidation sites excluding steroid dienone is 3. The average Bonchev–Trinajstić information content (AvgIpc) is 3.28. The number of likely N-dealkylation sites (N-methyl/N-ethyl adjacent to an activating group) is 1. The van der Waals surface area contributed by atoms with E-state index in [0.717, 1.165) is 31.2 Å². The number of unbranched alkanes of at least 4 members (excludes halogenated alkanes) is 1. The highest BCUT2D eigenvalue weighted by atomic mass is 16.7. The minimum Gasteiger partial charge on any atom is -0.354 e. The lowest BCUT2D eigenvalue weighted by atomic mass is 10.0. The zero-order valence-corrected chi connectivity index (χ0v) is 17.9. The number of methoxy groups -OCH3 is 2. The number of rotatable bonds is 12. The molecule has 5 heteroatoms. The molecule has 1 amide bonds. The number of fused-ring (bicyclic) bond motifs is 1. The minimum atomic E-state index is -0.369. The van der Waals surface area contributed by atoms with Crippen molar-refractivity contribution in [2.45, 2.75) is 44.8 Å². The monoisotopic (exact) mass is 390 g/mol. The topological polar surface area (TPSA) is 42.0 Å². The van der Waals surface area contributed by atoms with E-state index in [2.05, 4.69) is 29.7 Å². The molecule has 158 valence electrons. The fraction of sp³-hybridized carbons (Fsp3) is 0.696. The summed E-state index contributed by atoms with van der Waals surface area (Å²) in [6.45, 7) is 7.93. The maximum atomic E-state index is 12.1. The van der Waals surface area contributed by atoms with Gasteiger partial charge in [0.2, 0.25) is 5.91 Å². The summed E-state index contributed by atoms with van der Waals surface area (Å²) in [6, 6.07) is 0. The number of ether oxygens (including phenoxy) is 2. The molecule has 2 rings (SSSR count). The minimum absolute atomic E-state index is 0.120. The smallest absolute Gasteiger partial charge is 0.222 e. The molecule has 0 aromatic rings. The van der Waals surface area contributed by atoms with Crippen LogP contribution in [0, 0.1) is 11.8 Å². The van der Waals surface area contributed by atoms with E-state index in [0.29, 0.717) is 13.0 Å². The van der Waals surface area contributed by atoms with Gasteiger partial charge in [0.15, 0.2) is 6.29 Å². The van der Waals surface area contributed by atoms with Gasteiger partial charge >= 0.3 is 0 Å². The van der Waals surface area contributed by atoms with Gasteiger partial charge in [-0.3, -0.25) is 9.69 Å². The first-order valence-electron chi connectivity index (χ1n) is 10.6. The Morgan fingerprint density at radius 3 is 2.54 bits per heavy atom. The van der Waals surface area contributed by atoms with E-state index in [1.807, 2.05) is 6.08 Å². The summed E-state index contributed by atoms with van der Waals surface area (Å²) in [6.07, 6.45) is 14.5. The van der Waals surface area contributed by atoms with Crippen LogP contribution in [-0.2, 0) is 14.3 Å². The molecule has 5 nitrogen and oxygen atoms in total. The summed E-state index contributed by atoms with van der Waals surface area (Å²) in [7, 11) is 4.95. The first-order chi connectivity index (χ1) is 13.6. The molecule has 0 spiro atoms. The molecule has 2 atom stereocenters. The Hall–Kier alpha value is -1.43. The van der Waals surface area contributed by atoms with Crippen molar-refractivity contribution in [2.24, 2.45) is 11.8 Å². The van der Waals surface area contributed by atoms with Gasteiger partial charge in [-0.15, -0.1) is 0 Å². The van der Waals surface area contributed by atoms with E-state index in [9.17, 15) is 4.79 Å². The van der Waals surface area contributed by atoms with Crippen LogP contribution in [0.5, 0.6) is 0 Å². The zero-order valence-electron chi connectivity index (χ0n) is 17.9. The quantitative estimate of drug-likeness (QED) is 0.290. The van der Waals surface area contributed by atoms with Crippen molar-refractivity contribution in [1.82, 2.24) is 9.80 Å². The third kappa shape index (κ3) is 7.19. The van der Waals surface area contributed by atoms with E-state index >= 15 is 0 Å². The van der Waals surface area contributed by atoms with Gasteiger partial charge in [0.25, 0.3) is 0 Å². The molecule has 2 aliphatic rings. The van der Waals surface area contributed by atoms with Gasteiger partial charge in [-0.1, -0.05) is 37.3 Å². The molecule has 1 saturated carbocycles. The van der Waals surface area contributed by atoms with Crippen LogP contribution in [0.15, 0.2) is 36.5 Å². The lowest BCUT2D eigenvalue weighted by Crippen LogP contribution is -2.35. The molecule has 1 aliphatic heterocycles. The molecule has 2 unspecified atom stereocenters. The Morgan fingerprint density at radius 2 is 1.93 bits per heavy atom. The second-order valence-corrected chi connectivity index (χ2v) is 8.09. The van der Waals surface area contributed by atoms with E-state index < -0.39 is 0 Å². The molecular formula is C23H38N2O3. The highest BCUT2D eigenvalue weighted by Gasteiger charge is 2.35. The van der Waals surface area contributed by atoms with Crippen LogP contribution < -0.4 is 0 Å². The molecule has 28 heavy (non-hydrogen) atoms. The Kier molecular flexibility index (Phi) is 9.96. The Morgan fingerprint density at radius 1 is 1.25 bits per heavy atom. The fourth-order valence-corrected chi connectivity index (χ4v) is 4.33. The molecule has 2 fully saturated rings. The number of nitrogens with zero attached hydrogens (tertiary/aromatic N) is 2. The van der Waals surface area contributed by atoms with Crippen LogP contribution in [0.3, 0.4) is 0 Å². The van der Waals surface area contributed by atoms with Crippen molar-refractivity contribution in [2.75, 3.05) is 47.4 Å². The first-order valence-corrected chi connectivity index (χ1v) is 10.6. The Balaban J connectivity index is 1.64. The highest BCUT2D eigenvalue weighted by molar-refractivity contribution is 5.75. The van der Waals surface area contributed by atoms with Gasteiger partial charge in [-0.2, -0.15) is 0 Å². The van der Waals surface area contributed by atoms with Crippen LogP contribution in [0.4, 0.5) is 0 Å². The van der Waals surface area contributed by atoms with Crippen molar-refractivity contribution in [3.05, 3.63) is 36.5 Å². The summed E-state index contributed by atoms with van der Waals surface area (Å²) in [5.41, 5.74) is 1.28. The van der Waals surface area contributed by atoms with Crippen LogP contribution in [0.2, 0.25) is 0 Å². The number of carbonyl (C=O) groups is 1. The van der Waals surface area contributed by atoms with Crippen LogP contribution in [0.25, 0.3) is 0 Å². The van der Waals surface area contributed by atoms with Crippen molar-refractivity contribution in [3.8, 4) is 0 Å². The lowest BCUT2D eigenvalue weighted by molar-refractivity contribution is -0.143. The van der Waals surface area contributed by atoms with Crippen molar-refractivity contribution in [1.29, 1.82) is 0 Å². The molecule has 0 N–H and O–H groups in total. The Labute approximate surface area is 171 Å². The maximum Gasteiger partial charge on any atom is 0.222 e. The number of amides is 1. The predicted octanol–water partition coefficient (Wildman–Crippen LogP) is 3.63. The SMILES string of the molecule is C=C/C(=C\C=C/CCCC(=O)N(C)CC(OC)OC)CN1CC2CCCC2C1. The summed E-state index contributed by atoms with van der Waals surface area (Å²) < 4.78 is 10.3. The van der Waals surface area contributed by atoms with E-state index in [-0.39, 0.29) is 12.2 Å². The normalized spacial score (nSPS) is 22.9. The van der Waals surface area contributed by atoms with Crippen molar-refractivity contribution < 1.29 is 14.3 Å². The number of likely N-dealkylation sites (tertiary alicyclic amines) is 1. The molecule has 0 aromatic heterocycles. The summed E-state index contributed by atoms with van der Waals surface area (Å²) in [5.74, 6) is 1.98. The van der Waals surface area contributed by atoms with Gasteiger partial charge in [0.1, 0.15) is 0 Å². The second kappa shape index (κ2) is 12.2. The Bertz CT molecular complexity index is 542. The van der Waals surface area contributed by atoms with Gasteiger partial charge < -0.3 is 14.4 Å². The molecule has 0 bridgehead atoms. The van der Waals surface area contributed by atoms with Crippen LogP contribution in [0.1, 0.15) is 38.5 Å². The summed E-state index contributed by atoms with van der Waals surface area (Å²) in [5, 5.41) is 0. The van der Waals surface area contributed by atoms with E-state index in [1.54, 1.807) is 26.2 Å². The summed E-state index contributed by atoms with van der Waals surface area (Å²) in [4.78, 5) is 16.4. The molecular weight excluding hydrogens is 352 g/mol. The fourth-order valence-electron chi connectivity index (χ4n) is 4.33. The van der Waals surface area contributed by atoms with Crippen molar-refractivity contribution in [3.63, 3.8) is 0 Å². The molecule has 1 saturated heterocycles. The predicted molar refractivity (Wildman–Crippen MR) is 114 cm³/mol. The van der Waals surface area contributed by atoms with E-state index in [4.69, 9.17) is 9.47 Å². The summed E-state index contributed by atoms with van der Waals surface area (Å²) >= 11 is 0. The molecule has 1 aliphatic carbocycles. The van der Waals surface area contributed by atoms with Gasteiger partial charge in [0.05, 0.1) is 6.54 Å². The highest BCUT2D eigenvalue weighted by Crippen LogP contribution is 2.37. The first kappa shape index (κ1) is 22.9. The third-order valence-electron chi connectivity index (χ3n) is 6.05. The van der Waals surface area contributed by atoms with Gasteiger partial charge in [-0.25, -0.2) is 0 Å². The second-order valence-electron chi connectivity index (χ2n) is 8.09. The van der Waals surface area contributed by atoms with Gasteiger partial charge in [0, 0.05) is 47.3 Å². The maximum absolute atomic E-state index is 12.1. The largest absolute Gasteiger partial charge is 0.354 e. The van der Waals surface area contributed by atoms with Gasteiger partial charge in [-0.05, 0) is 43.1 Å². The lowest BCUT2D eigenvalue weighted by Gasteiger charge is -2.22. The van der Waals surface area contributed by atoms with E-state index in [1.165, 1.54) is 37.9 Å². The molecule has 0 aromatic carbocycles. The number of hydrogen-bond donors (Lipinski definition) is 0. The number of hydrogen-bond acceptors (Lipinski definition) is 4. The zero-order chi connectivity index (χ0) is 20.4. The molecule has 1 heterocycles.